The number of piperidine rings is 1. The number of amides is 1. The van der Waals surface area contributed by atoms with Crippen molar-refractivity contribution in [1.82, 2.24) is 4.90 Å². The molecule has 0 aromatic heterocycles. The maximum Gasteiger partial charge on any atom is 0.223 e. The lowest BCUT2D eigenvalue weighted by Gasteiger charge is -2.36. The standard InChI is InChI=1S/C15H21BrN2O/c1-11-10-13(17)8-9-18(11)15(19)7-6-12-4-2-3-5-14(12)16/h2-5,11,13H,6-10,17H2,1H3/t11-,13-/m1/s1. The van der Waals surface area contributed by atoms with Gasteiger partial charge in [0.25, 0.3) is 0 Å². The molecule has 1 aliphatic heterocycles. The van der Waals surface area contributed by atoms with Crippen LogP contribution in [0.5, 0.6) is 0 Å². The Kier molecular flexibility index (Phi) is 4.99. The van der Waals surface area contributed by atoms with Crippen LogP contribution in [0.25, 0.3) is 0 Å². The van der Waals surface area contributed by atoms with Crippen LogP contribution >= 0.6 is 15.9 Å². The normalized spacial score (nSPS) is 23.4. The number of carbonyl (C=O) groups is 1. The first-order valence-corrected chi connectivity index (χ1v) is 7.65. The summed E-state index contributed by atoms with van der Waals surface area (Å²) in [5.41, 5.74) is 7.12. The van der Waals surface area contributed by atoms with E-state index >= 15 is 0 Å². The summed E-state index contributed by atoms with van der Waals surface area (Å²) in [5, 5.41) is 0. The Bertz CT molecular complexity index is 450. The molecular formula is C15H21BrN2O. The van der Waals surface area contributed by atoms with E-state index in [-0.39, 0.29) is 18.0 Å². The predicted octanol–water partition coefficient (Wildman–Crippen LogP) is 2.72. The highest BCUT2D eigenvalue weighted by molar-refractivity contribution is 9.10. The molecule has 0 unspecified atom stereocenters. The zero-order valence-corrected chi connectivity index (χ0v) is 12.9. The van der Waals surface area contributed by atoms with Crippen LogP contribution in [0.15, 0.2) is 28.7 Å². The highest BCUT2D eigenvalue weighted by Gasteiger charge is 2.26. The summed E-state index contributed by atoms with van der Waals surface area (Å²) in [5.74, 6) is 0.246. The van der Waals surface area contributed by atoms with Crippen molar-refractivity contribution in [3.63, 3.8) is 0 Å². The average Bonchev–Trinajstić information content (AvgIpc) is 2.37. The number of hydrogen-bond donors (Lipinski definition) is 1. The van der Waals surface area contributed by atoms with Crippen molar-refractivity contribution in [2.45, 2.75) is 44.7 Å². The lowest BCUT2D eigenvalue weighted by molar-refractivity contribution is -0.134. The van der Waals surface area contributed by atoms with E-state index in [9.17, 15) is 4.79 Å². The summed E-state index contributed by atoms with van der Waals surface area (Å²) in [6.07, 6.45) is 3.20. The average molecular weight is 325 g/mol. The molecule has 1 saturated heterocycles. The van der Waals surface area contributed by atoms with Crippen molar-refractivity contribution < 1.29 is 4.79 Å². The minimum absolute atomic E-state index is 0.246. The fourth-order valence-corrected chi connectivity index (χ4v) is 3.15. The number of halogens is 1. The van der Waals surface area contributed by atoms with Gasteiger partial charge in [-0.2, -0.15) is 0 Å². The first-order valence-electron chi connectivity index (χ1n) is 6.86. The molecule has 0 aliphatic carbocycles. The van der Waals surface area contributed by atoms with Gasteiger partial charge in [0.05, 0.1) is 0 Å². The van der Waals surface area contributed by atoms with E-state index in [4.69, 9.17) is 5.73 Å². The van der Waals surface area contributed by atoms with Gasteiger partial charge in [0.1, 0.15) is 0 Å². The molecule has 1 fully saturated rings. The van der Waals surface area contributed by atoms with E-state index in [1.807, 2.05) is 23.1 Å². The van der Waals surface area contributed by atoms with E-state index in [0.717, 1.165) is 30.3 Å². The van der Waals surface area contributed by atoms with Crippen molar-refractivity contribution in [3.8, 4) is 0 Å². The van der Waals surface area contributed by atoms with Crippen molar-refractivity contribution in [2.24, 2.45) is 5.73 Å². The molecule has 1 aromatic rings. The number of aryl methyl sites for hydroxylation is 1. The van der Waals surface area contributed by atoms with Crippen LogP contribution in [0.3, 0.4) is 0 Å². The van der Waals surface area contributed by atoms with E-state index in [1.54, 1.807) is 0 Å². The number of likely N-dealkylation sites (tertiary alicyclic amines) is 1. The second kappa shape index (κ2) is 6.53. The highest BCUT2D eigenvalue weighted by atomic mass is 79.9. The monoisotopic (exact) mass is 324 g/mol. The first-order chi connectivity index (χ1) is 9.08. The number of nitrogens with zero attached hydrogens (tertiary/aromatic N) is 1. The number of carbonyl (C=O) groups excluding carboxylic acids is 1. The zero-order valence-electron chi connectivity index (χ0n) is 11.3. The molecule has 2 atom stereocenters. The third-order valence-electron chi connectivity index (χ3n) is 3.80. The summed E-state index contributed by atoms with van der Waals surface area (Å²) >= 11 is 3.52. The van der Waals surface area contributed by atoms with Gasteiger partial charge in [0.2, 0.25) is 5.91 Å². The quantitative estimate of drug-likeness (QED) is 0.929. The molecule has 2 rings (SSSR count). The molecule has 2 N–H and O–H groups in total. The second-order valence-corrected chi connectivity index (χ2v) is 6.17. The van der Waals surface area contributed by atoms with Gasteiger partial charge in [-0.1, -0.05) is 34.1 Å². The molecule has 4 heteroatoms. The molecule has 0 bridgehead atoms. The summed E-state index contributed by atoms with van der Waals surface area (Å²) in [6.45, 7) is 2.90. The van der Waals surface area contributed by atoms with Crippen molar-refractivity contribution >= 4 is 21.8 Å². The van der Waals surface area contributed by atoms with Crippen LogP contribution in [0.1, 0.15) is 31.7 Å². The molecule has 1 aromatic carbocycles. The topological polar surface area (TPSA) is 46.3 Å². The Morgan fingerprint density at radius 1 is 1.47 bits per heavy atom. The Hall–Kier alpha value is -0.870. The highest BCUT2D eigenvalue weighted by Crippen LogP contribution is 2.20. The Morgan fingerprint density at radius 2 is 2.21 bits per heavy atom. The van der Waals surface area contributed by atoms with E-state index in [1.165, 1.54) is 5.56 Å². The van der Waals surface area contributed by atoms with Crippen LogP contribution in [0.4, 0.5) is 0 Å². The first kappa shape index (κ1) is 14.5. The van der Waals surface area contributed by atoms with Gasteiger partial charge in [0.15, 0.2) is 0 Å². The zero-order chi connectivity index (χ0) is 13.8. The van der Waals surface area contributed by atoms with Crippen LogP contribution in [0.2, 0.25) is 0 Å². The van der Waals surface area contributed by atoms with E-state index < -0.39 is 0 Å². The molecule has 0 radical (unpaired) electrons. The molecule has 0 saturated carbocycles. The fourth-order valence-electron chi connectivity index (χ4n) is 2.67. The number of nitrogens with two attached hydrogens (primary N) is 1. The number of hydrogen-bond acceptors (Lipinski definition) is 2. The summed E-state index contributed by atoms with van der Waals surface area (Å²) in [4.78, 5) is 14.3. The molecule has 1 heterocycles. The number of benzene rings is 1. The molecule has 104 valence electrons. The molecule has 1 aliphatic rings. The largest absolute Gasteiger partial charge is 0.340 e. The van der Waals surface area contributed by atoms with Gasteiger partial charge in [0, 0.05) is 29.5 Å². The fraction of sp³-hybridized carbons (Fsp3) is 0.533. The molecule has 19 heavy (non-hydrogen) atoms. The number of rotatable bonds is 3. The maximum absolute atomic E-state index is 12.3. The summed E-state index contributed by atoms with van der Waals surface area (Å²) < 4.78 is 1.08. The van der Waals surface area contributed by atoms with Gasteiger partial charge in [-0.25, -0.2) is 0 Å². The lowest BCUT2D eigenvalue weighted by Crippen LogP contribution is -2.48. The van der Waals surface area contributed by atoms with Gasteiger partial charge in [-0.05, 0) is 37.8 Å². The lowest BCUT2D eigenvalue weighted by atomic mass is 9.98. The van der Waals surface area contributed by atoms with Crippen LogP contribution in [-0.4, -0.2) is 29.4 Å². The minimum Gasteiger partial charge on any atom is -0.340 e. The van der Waals surface area contributed by atoms with E-state index in [0.29, 0.717) is 6.42 Å². The molecule has 3 nitrogen and oxygen atoms in total. The second-order valence-electron chi connectivity index (χ2n) is 5.31. The Morgan fingerprint density at radius 3 is 2.89 bits per heavy atom. The molecule has 1 amide bonds. The third kappa shape index (κ3) is 3.80. The van der Waals surface area contributed by atoms with Gasteiger partial charge in [-0.3, -0.25) is 4.79 Å². The maximum atomic E-state index is 12.3. The van der Waals surface area contributed by atoms with Gasteiger partial charge < -0.3 is 10.6 Å². The predicted molar refractivity (Wildman–Crippen MR) is 80.8 cm³/mol. The minimum atomic E-state index is 0.246. The summed E-state index contributed by atoms with van der Waals surface area (Å²) in [7, 11) is 0. The third-order valence-corrected chi connectivity index (χ3v) is 4.58. The van der Waals surface area contributed by atoms with Crippen molar-refractivity contribution in [1.29, 1.82) is 0 Å². The van der Waals surface area contributed by atoms with Crippen LogP contribution in [0, 0.1) is 0 Å². The summed E-state index contributed by atoms with van der Waals surface area (Å²) in [6, 6.07) is 8.60. The van der Waals surface area contributed by atoms with Gasteiger partial charge >= 0.3 is 0 Å². The van der Waals surface area contributed by atoms with Gasteiger partial charge in [-0.15, -0.1) is 0 Å². The van der Waals surface area contributed by atoms with Crippen LogP contribution < -0.4 is 5.73 Å². The molecule has 0 spiro atoms. The Balaban J connectivity index is 1.89. The van der Waals surface area contributed by atoms with Crippen molar-refractivity contribution in [2.75, 3.05) is 6.54 Å². The van der Waals surface area contributed by atoms with Crippen LogP contribution in [-0.2, 0) is 11.2 Å². The smallest absolute Gasteiger partial charge is 0.223 e. The van der Waals surface area contributed by atoms with Crippen molar-refractivity contribution in [3.05, 3.63) is 34.3 Å². The Labute approximate surface area is 123 Å². The SMILES string of the molecule is C[C@@H]1C[C@H](N)CCN1C(=O)CCc1ccccc1Br. The molecular weight excluding hydrogens is 304 g/mol. The van der Waals surface area contributed by atoms with E-state index in [2.05, 4.69) is 28.9 Å².